The second-order valence-corrected chi connectivity index (χ2v) is 4.99. The van der Waals surface area contributed by atoms with Crippen molar-refractivity contribution in [2.24, 2.45) is 0 Å². The standard InChI is InChI=1S/C14H15N3S/c18-14-16-9-11(17-14)7-6-10-3-1-5-13-12(10)4-2-8-15-13/h1-5,8,11H,6-7,9H2,(H2,16,17,18). The third-order valence-corrected chi connectivity index (χ3v) is 3.60. The van der Waals surface area contributed by atoms with E-state index in [2.05, 4.69) is 39.9 Å². The predicted octanol–water partition coefficient (Wildman–Crippen LogP) is 2.01. The summed E-state index contributed by atoms with van der Waals surface area (Å²) in [4.78, 5) is 4.38. The highest BCUT2D eigenvalue weighted by atomic mass is 32.1. The molecule has 1 fully saturated rings. The van der Waals surface area contributed by atoms with Gasteiger partial charge in [-0.05, 0) is 42.8 Å². The number of hydrogen-bond donors (Lipinski definition) is 2. The molecule has 2 heterocycles. The summed E-state index contributed by atoms with van der Waals surface area (Å²) >= 11 is 5.07. The van der Waals surface area contributed by atoms with Crippen LogP contribution in [0.4, 0.5) is 0 Å². The van der Waals surface area contributed by atoms with E-state index in [4.69, 9.17) is 12.2 Å². The molecule has 4 heteroatoms. The van der Waals surface area contributed by atoms with Crippen molar-refractivity contribution in [3.05, 3.63) is 42.1 Å². The van der Waals surface area contributed by atoms with E-state index in [0.717, 1.165) is 30.0 Å². The van der Waals surface area contributed by atoms with Crippen LogP contribution in [0.25, 0.3) is 10.9 Å². The number of benzene rings is 1. The van der Waals surface area contributed by atoms with Crippen LogP contribution in [0.5, 0.6) is 0 Å². The third-order valence-electron chi connectivity index (χ3n) is 3.34. The van der Waals surface area contributed by atoms with Gasteiger partial charge in [-0.3, -0.25) is 4.98 Å². The van der Waals surface area contributed by atoms with Gasteiger partial charge in [0.1, 0.15) is 0 Å². The van der Waals surface area contributed by atoms with Gasteiger partial charge >= 0.3 is 0 Å². The average molecular weight is 257 g/mol. The Bertz CT molecular complexity index is 577. The molecule has 0 aliphatic carbocycles. The molecule has 1 aliphatic heterocycles. The molecule has 3 nitrogen and oxygen atoms in total. The second kappa shape index (κ2) is 4.90. The first-order valence-electron chi connectivity index (χ1n) is 6.20. The van der Waals surface area contributed by atoms with Crippen LogP contribution < -0.4 is 10.6 Å². The van der Waals surface area contributed by atoms with Gasteiger partial charge in [0.05, 0.1) is 5.52 Å². The van der Waals surface area contributed by atoms with E-state index in [1.54, 1.807) is 0 Å². The van der Waals surface area contributed by atoms with Gasteiger partial charge in [-0.2, -0.15) is 0 Å². The van der Waals surface area contributed by atoms with Crippen LogP contribution in [0.15, 0.2) is 36.5 Å². The monoisotopic (exact) mass is 257 g/mol. The first-order chi connectivity index (χ1) is 8.83. The average Bonchev–Trinajstić information content (AvgIpc) is 2.82. The van der Waals surface area contributed by atoms with Gasteiger partial charge in [-0.25, -0.2) is 0 Å². The van der Waals surface area contributed by atoms with Crippen molar-refractivity contribution in [1.29, 1.82) is 0 Å². The summed E-state index contributed by atoms with van der Waals surface area (Å²) in [6, 6.07) is 10.9. The van der Waals surface area contributed by atoms with Crippen LogP contribution >= 0.6 is 12.2 Å². The number of aromatic nitrogens is 1. The van der Waals surface area contributed by atoms with E-state index < -0.39 is 0 Å². The minimum absolute atomic E-state index is 0.449. The van der Waals surface area contributed by atoms with E-state index in [1.165, 1.54) is 10.9 Å². The van der Waals surface area contributed by atoms with Crippen LogP contribution in [0.3, 0.4) is 0 Å². The number of rotatable bonds is 3. The fourth-order valence-electron chi connectivity index (χ4n) is 2.39. The molecule has 2 N–H and O–H groups in total. The van der Waals surface area contributed by atoms with Crippen LogP contribution in [0.2, 0.25) is 0 Å². The summed E-state index contributed by atoms with van der Waals surface area (Å²) in [6.07, 6.45) is 3.97. The van der Waals surface area contributed by atoms with E-state index in [0.29, 0.717) is 6.04 Å². The number of pyridine rings is 1. The van der Waals surface area contributed by atoms with Crippen LogP contribution in [0, 0.1) is 0 Å². The quantitative estimate of drug-likeness (QED) is 0.825. The zero-order valence-electron chi connectivity index (χ0n) is 10.0. The fraction of sp³-hybridized carbons (Fsp3) is 0.286. The normalized spacial score (nSPS) is 18.7. The minimum Gasteiger partial charge on any atom is -0.361 e. The van der Waals surface area contributed by atoms with Crippen molar-refractivity contribution in [2.75, 3.05) is 6.54 Å². The highest BCUT2D eigenvalue weighted by Crippen LogP contribution is 2.18. The largest absolute Gasteiger partial charge is 0.361 e. The fourth-order valence-corrected chi connectivity index (χ4v) is 2.64. The van der Waals surface area contributed by atoms with Crippen molar-refractivity contribution < 1.29 is 0 Å². The molecule has 1 aromatic carbocycles. The van der Waals surface area contributed by atoms with Gasteiger partial charge in [0.2, 0.25) is 0 Å². The third kappa shape index (κ3) is 2.29. The van der Waals surface area contributed by atoms with Crippen molar-refractivity contribution in [3.63, 3.8) is 0 Å². The van der Waals surface area contributed by atoms with Gasteiger partial charge < -0.3 is 10.6 Å². The summed E-state index contributed by atoms with van der Waals surface area (Å²) in [5.41, 5.74) is 2.43. The summed E-state index contributed by atoms with van der Waals surface area (Å²) in [7, 11) is 0. The van der Waals surface area contributed by atoms with Gasteiger partial charge in [0.25, 0.3) is 0 Å². The van der Waals surface area contributed by atoms with Crippen LogP contribution in [-0.4, -0.2) is 22.7 Å². The Morgan fingerprint density at radius 3 is 3.06 bits per heavy atom. The summed E-state index contributed by atoms with van der Waals surface area (Å²) < 4.78 is 0. The lowest BCUT2D eigenvalue weighted by Gasteiger charge is -2.10. The van der Waals surface area contributed by atoms with Crippen molar-refractivity contribution in [2.45, 2.75) is 18.9 Å². The Morgan fingerprint density at radius 2 is 2.22 bits per heavy atom. The predicted molar refractivity (Wildman–Crippen MR) is 77.6 cm³/mol. The maximum absolute atomic E-state index is 5.07. The summed E-state index contributed by atoms with van der Waals surface area (Å²) in [5, 5.41) is 8.46. The molecule has 1 unspecified atom stereocenters. The number of hydrogen-bond acceptors (Lipinski definition) is 2. The zero-order chi connectivity index (χ0) is 12.4. The molecule has 2 aromatic rings. The topological polar surface area (TPSA) is 37.0 Å². The molecule has 0 radical (unpaired) electrons. The maximum atomic E-state index is 5.07. The molecule has 92 valence electrons. The Hall–Kier alpha value is -1.68. The Balaban J connectivity index is 1.76. The first-order valence-corrected chi connectivity index (χ1v) is 6.61. The lowest BCUT2D eigenvalue weighted by molar-refractivity contribution is 0.602. The molecule has 0 amide bonds. The van der Waals surface area contributed by atoms with Gasteiger partial charge in [-0.15, -0.1) is 0 Å². The van der Waals surface area contributed by atoms with E-state index in [1.807, 2.05) is 12.3 Å². The number of fused-ring (bicyclic) bond motifs is 1. The van der Waals surface area contributed by atoms with E-state index in [-0.39, 0.29) is 0 Å². The zero-order valence-corrected chi connectivity index (χ0v) is 10.8. The number of nitrogens with zero attached hydrogens (tertiary/aromatic N) is 1. The SMILES string of the molecule is S=C1NCC(CCc2cccc3ncccc23)N1. The van der Waals surface area contributed by atoms with E-state index >= 15 is 0 Å². The molecule has 0 bridgehead atoms. The van der Waals surface area contributed by atoms with Gasteiger partial charge in [0.15, 0.2) is 5.11 Å². The van der Waals surface area contributed by atoms with Crippen LogP contribution in [0.1, 0.15) is 12.0 Å². The molecule has 0 spiro atoms. The molecule has 1 atom stereocenters. The van der Waals surface area contributed by atoms with Crippen molar-refractivity contribution in [3.8, 4) is 0 Å². The molecule has 18 heavy (non-hydrogen) atoms. The highest BCUT2D eigenvalue weighted by molar-refractivity contribution is 7.80. The summed E-state index contributed by atoms with van der Waals surface area (Å²) in [5.74, 6) is 0. The first kappa shape index (κ1) is 11.4. The summed E-state index contributed by atoms with van der Waals surface area (Å²) in [6.45, 7) is 0.932. The Kier molecular flexibility index (Phi) is 3.11. The van der Waals surface area contributed by atoms with Gasteiger partial charge in [0, 0.05) is 24.2 Å². The lowest BCUT2D eigenvalue weighted by Crippen LogP contribution is -2.26. The highest BCUT2D eigenvalue weighted by Gasteiger charge is 2.16. The second-order valence-electron chi connectivity index (χ2n) is 4.58. The van der Waals surface area contributed by atoms with Crippen molar-refractivity contribution in [1.82, 2.24) is 15.6 Å². The minimum atomic E-state index is 0.449. The molecular formula is C14H15N3S. The molecular weight excluding hydrogens is 242 g/mol. The number of aryl methyl sites for hydroxylation is 1. The Morgan fingerprint density at radius 1 is 1.28 bits per heavy atom. The molecule has 3 rings (SSSR count). The molecule has 1 aliphatic rings. The number of thiocarbonyl (C=S) groups is 1. The molecule has 1 aromatic heterocycles. The van der Waals surface area contributed by atoms with Crippen molar-refractivity contribution >= 4 is 28.2 Å². The maximum Gasteiger partial charge on any atom is 0.166 e. The van der Waals surface area contributed by atoms with Gasteiger partial charge in [-0.1, -0.05) is 18.2 Å². The molecule has 1 saturated heterocycles. The van der Waals surface area contributed by atoms with E-state index in [9.17, 15) is 0 Å². The Labute approximate surface area is 112 Å². The lowest BCUT2D eigenvalue weighted by atomic mass is 10.0. The van der Waals surface area contributed by atoms with Crippen LogP contribution in [-0.2, 0) is 6.42 Å². The smallest absolute Gasteiger partial charge is 0.166 e. The molecule has 0 saturated carbocycles. The number of nitrogens with one attached hydrogen (secondary N) is 2.